The van der Waals surface area contributed by atoms with Gasteiger partial charge in [-0.05, 0) is 24.1 Å². The molecule has 0 radical (unpaired) electrons. The summed E-state index contributed by atoms with van der Waals surface area (Å²) >= 11 is 0. The smallest absolute Gasteiger partial charge is 0.166 e. The molecule has 1 aromatic heterocycles. The quantitative estimate of drug-likeness (QED) is 0.719. The lowest BCUT2D eigenvalue weighted by Crippen LogP contribution is -2.03. The Morgan fingerprint density at radius 1 is 1.46 bits per heavy atom. The Kier molecular flexibility index (Phi) is 2.25. The molecule has 0 bridgehead atoms. The van der Waals surface area contributed by atoms with E-state index < -0.39 is 0 Å². The van der Waals surface area contributed by atoms with Gasteiger partial charge < -0.3 is 9.36 Å². The molecular formula is C9H10N2O2. The molecule has 1 aromatic carbocycles. The number of nitrogens with zero attached hydrogens (tertiary/aromatic N) is 1. The van der Waals surface area contributed by atoms with Crippen molar-refractivity contribution in [2.75, 3.05) is 6.61 Å². The number of aromatic nitrogens is 1. The van der Waals surface area contributed by atoms with Gasteiger partial charge in [0.15, 0.2) is 5.58 Å². The van der Waals surface area contributed by atoms with Gasteiger partial charge in [-0.15, -0.1) is 0 Å². The van der Waals surface area contributed by atoms with Gasteiger partial charge in [0.05, 0.1) is 12.8 Å². The molecule has 4 nitrogen and oxygen atoms in total. The lowest BCUT2D eigenvalue weighted by molar-refractivity contribution is 0.141. The molecule has 0 amide bonds. The van der Waals surface area contributed by atoms with Crippen LogP contribution < -0.4 is 5.90 Å². The summed E-state index contributed by atoms with van der Waals surface area (Å²) in [7, 11) is 0. The predicted molar refractivity (Wildman–Crippen MR) is 47.9 cm³/mol. The van der Waals surface area contributed by atoms with E-state index in [1.165, 1.54) is 5.56 Å². The average Bonchev–Trinajstić information content (AvgIpc) is 2.61. The van der Waals surface area contributed by atoms with Crippen LogP contribution in [0.2, 0.25) is 0 Å². The minimum absolute atomic E-state index is 0.525. The minimum atomic E-state index is 0.525. The normalized spacial score (nSPS) is 10.8. The summed E-state index contributed by atoms with van der Waals surface area (Å²) < 4.78 is 4.97. The van der Waals surface area contributed by atoms with E-state index in [4.69, 9.17) is 10.4 Å². The van der Waals surface area contributed by atoms with E-state index in [-0.39, 0.29) is 0 Å². The molecule has 0 fully saturated rings. The summed E-state index contributed by atoms with van der Waals surface area (Å²) in [6, 6.07) is 5.89. The zero-order valence-corrected chi connectivity index (χ0v) is 7.06. The van der Waals surface area contributed by atoms with Crippen LogP contribution in [-0.2, 0) is 11.3 Å². The fraction of sp³-hybridized carbons (Fsp3) is 0.222. The maximum atomic E-state index is 4.97. The molecule has 2 N–H and O–H groups in total. The number of hydrogen-bond donors (Lipinski definition) is 1. The first-order chi connectivity index (χ1) is 6.40. The van der Waals surface area contributed by atoms with Crippen molar-refractivity contribution in [3.8, 4) is 0 Å². The third-order valence-electron chi connectivity index (χ3n) is 1.93. The Hall–Kier alpha value is -1.39. The number of rotatable bonds is 3. The topological polar surface area (TPSA) is 61.3 Å². The minimum Gasteiger partial charge on any atom is -0.356 e. The van der Waals surface area contributed by atoms with Crippen molar-refractivity contribution in [1.29, 1.82) is 0 Å². The second-order valence-electron chi connectivity index (χ2n) is 2.82. The van der Waals surface area contributed by atoms with E-state index in [0.717, 1.165) is 17.4 Å². The Bertz CT molecular complexity index is 397. The van der Waals surface area contributed by atoms with Gasteiger partial charge in [0.2, 0.25) is 0 Å². The van der Waals surface area contributed by atoms with Gasteiger partial charge in [-0.2, -0.15) is 0 Å². The zero-order valence-electron chi connectivity index (χ0n) is 7.06. The summed E-state index contributed by atoms with van der Waals surface area (Å²) in [4.78, 5) is 4.50. The van der Waals surface area contributed by atoms with E-state index in [1.54, 1.807) is 6.20 Å². The van der Waals surface area contributed by atoms with Crippen LogP contribution in [0.25, 0.3) is 11.0 Å². The highest BCUT2D eigenvalue weighted by atomic mass is 16.6. The Labute approximate surface area is 75.2 Å². The molecule has 0 saturated carbocycles. The van der Waals surface area contributed by atoms with Gasteiger partial charge in [0.25, 0.3) is 0 Å². The molecule has 68 valence electrons. The van der Waals surface area contributed by atoms with Gasteiger partial charge in [0.1, 0.15) is 0 Å². The Balaban J connectivity index is 2.26. The molecule has 2 aromatic rings. The molecule has 0 saturated heterocycles. The van der Waals surface area contributed by atoms with Crippen molar-refractivity contribution in [3.05, 3.63) is 30.0 Å². The first-order valence-electron chi connectivity index (χ1n) is 4.05. The van der Waals surface area contributed by atoms with Crippen molar-refractivity contribution in [3.63, 3.8) is 0 Å². The molecule has 0 atom stereocenters. The van der Waals surface area contributed by atoms with Crippen molar-refractivity contribution in [2.24, 2.45) is 5.90 Å². The van der Waals surface area contributed by atoms with Crippen LogP contribution in [0.5, 0.6) is 0 Å². The molecule has 4 heteroatoms. The van der Waals surface area contributed by atoms with Crippen molar-refractivity contribution >= 4 is 11.0 Å². The van der Waals surface area contributed by atoms with Gasteiger partial charge >= 0.3 is 0 Å². The van der Waals surface area contributed by atoms with E-state index >= 15 is 0 Å². The molecule has 13 heavy (non-hydrogen) atoms. The highest BCUT2D eigenvalue weighted by molar-refractivity contribution is 5.76. The monoisotopic (exact) mass is 178 g/mol. The van der Waals surface area contributed by atoms with Crippen LogP contribution in [0.1, 0.15) is 5.56 Å². The first kappa shape index (κ1) is 8.22. The summed E-state index contributed by atoms with van der Waals surface area (Å²) in [6.45, 7) is 0.525. The lowest BCUT2D eigenvalue weighted by atomic mass is 10.1. The summed E-state index contributed by atoms with van der Waals surface area (Å²) in [5.41, 5.74) is 1.97. The number of hydrogen-bond acceptors (Lipinski definition) is 4. The highest BCUT2D eigenvalue weighted by Crippen LogP contribution is 2.15. The second-order valence-corrected chi connectivity index (χ2v) is 2.82. The van der Waals surface area contributed by atoms with Crippen molar-refractivity contribution in [2.45, 2.75) is 6.42 Å². The van der Waals surface area contributed by atoms with Gasteiger partial charge in [-0.1, -0.05) is 11.2 Å². The summed E-state index contributed by atoms with van der Waals surface area (Å²) in [5.74, 6) is 4.94. The Morgan fingerprint density at radius 2 is 2.38 bits per heavy atom. The number of benzene rings is 1. The number of nitrogens with two attached hydrogens (primary N) is 1. The van der Waals surface area contributed by atoms with Crippen LogP contribution in [0.15, 0.2) is 28.9 Å². The molecule has 0 aliphatic rings. The summed E-state index contributed by atoms with van der Waals surface area (Å²) in [5, 5.41) is 4.70. The molecule has 2 rings (SSSR count). The average molecular weight is 178 g/mol. The van der Waals surface area contributed by atoms with Crippen molar-refractivity contribution in [1.82, 2.24) is 5.16 Å². The Morgan fingerprint density at radius 3 is 3.23 bits per heavy atom. The van der Waals surface area contributed by atoms with Gasteiger partial charge in [-0.3, -0.25) is 0 Å². The fourth-order valence-corrected chi connectivity index (χ4v) is 1.25. The predicted octanol–water partition coefficient (Wildman–Crippen LogP) is 1.26. The second kappa shape index (κ2) is 3.55. The largest absolute Gasteiger partial charge is 0.356 e. The third-order valence-corrected chi connectivity index (χ3v) is 1.93. The molecule has 0 unspecified atom stereocenters. The zero-order chi connectivity index (χ0) is 9.10. The summed E-state index contributed by atoms with van der Waals surface area (Å²) in [6.07, 6.45) is 2.50. The van der Waals surface area contributed by atoms with Crippen LogP contribution >= 0.6 is 0 Å². The molecular weight excluding hydrogens is 168 g/mol. The van der Waals surface area contributed by atoms with E-state index in [9.17, 15) is 0 Å². The maximum absolute atomic E-state index is 4.97. The SMILES string of the molecule is NOCCc1ccc2oncc2c1. The molecule has 0 spiro atoms. The first-order valence-corrected chi connectivity index (χ1v) is 4.05. The van der Waals surface area contributed by atoms with E-state index in [1.807, 2.05) is 18.2 Å². The van der Waals surface area contributed by atoms with Gasteiger partial charge in [0, 0.05) is 5.39 Å². The standard InChI is InChI=1S/C9H10N2O2/c10-12-4-3-7-1-2-9-8(5-7)6-11-13-9/h1-2,5-6H,3-4,10H2. The van der Waals surface area contributed by atoms with Crippen LogP contribution in [0.4, 0.5) is 0 Å². The number of fused-ring (bicyclic) bond motifs is 1. The van der Waals surface area contributed by atoms with Crippen molar-refractivity contribution < 1.29 is 9.36 Å². The third kappa shape index (κ3) is 1.68. The van der Waals surface area contributed by atoms with Crippen LogP contribution in [0.3, 0.4) is 0 Å². The highest BCUT2D eigenvalue weighted by Gasteiger charge is 1.99. The lowest BCUT2D eigenvalue weighted by Gasteiger charge is -1.98. The molecule has 1 heterocycles. The molecule has 0 aliphatic heterocycles. The van der Waals surface area contributed by atoms with Crippen LogP contribution in [-0.4, -0.2) is 11.8 Å². The van der Waals surface area contributed by atoms with E-state index in [0.29, 0.717) is 6.61 Å². The fourth-order valence-electron chi connectivity index (χ4n) is 1.25. The maximum Gasteiger partial charge on any atom is 0.166 e. The molecule has 0 aliphatic carbocycles. The van der Waals surface area contributed by atoms with Gasteiger partial charge in [-0.25, -0.2) is 5.90 Å². The van der Waals surface area contributed by atoms with Crippen LogP contribution in [0, 0.1) is 0 Å². The van der Waals surface area contributed by atoms with E-state index in [2.05, 4.69) is 9.99 Å².